The van der Waals surface area contributed by atoms with Gasteiger partial charge in [-0.2, -0.15) is 0 Å². The summed E-state index contributed by atoms with van der Waals surface area (Å²) in [4.78, 5) is 13.6. The van der Waals surface area contributed by atoms with Crippen molar-refractivity contribution in [1.29, 1.82) is 0 Å². The van der Waals surface area contributed by atoms with Gasteiger partial charge in [-0.25, -0.2) is 0 Å². The lowest BCUT2D eigenvalue weighted by Gasteiger charge is -2.17. The van der Waals surface area contributed by atoms with Gasteiger partial charge in [-0.15, -0.1) is 0 Å². The second-order valence-corrected chi connectivity index (χ2v) is 5.28. The summed E-state index contributed by atoms with van der Waals surface area (Å²) < 4.78 is 0. The molecule has 0 amide bonds. The van der Waals surface area contributed by atoms with E-state index in [0.29, 0.717) is 0 Å². The van der Waals surface area contributed by atoms with Gasteiger partial charge in [0.2, 0.25) is 0 Å². The molecule has 1 aromatic rings. The Kier molecular flexibility index (Phi) is 4.50. The van der Waals surface area contributed by atoms with E-state index >= 15 is 0 Å². The van der Waals surface area contributed by atoms with Crippen molar-refractivity contribution >= 4 is 11.3 Å². The van der Waals surface area contributed by atoms with E-state index in [9.17, 15) is 4.79 Å². The Bertz CT molecular complexity index is 337. The molecule has 5 heteroatoms. The standard InChI is InChI=1S/C10H19N3OS/c1-10(2,11)4-3-5-12-6-8-7-15-9(14)13-8/h7,12H,3-6,11H2,1-2H3,(H,13,14). The van der Waals surface area contributed by atoms with Crippen LogP contribution in [-0.4, -0.2) is 17.1 Å². The van der Waals surface area contributed by atoms with Crippen LogP contribution in [-0.2, 0) is 6.54 Å². The molecule has 0 bridgehead atoms. The van der Waals surface area contributed by atoms with Crippen molar-refractivity contribution in [1.82, 2.24) is 10.3 Å². The third-order valence-corrected chi connectivity index (χ3v) is 2.78. The van der Waals surface area contributed by atoms with Crippen LogP contribution in [0.15, 0.2) is 10.2 Å². The van der Waals surface area contributed by atoms with Crippen LogP contribution in [0.25, 0.3) is 0 Å². The van der Waals surface area contributed by atoms with E-state index in [1.165, 1.54) is 11.3 Å². The molecule has 0 spiro atoms. The van der Waals surface area contributed by atoms with E-state index in [2.05, 4.69) is 10.3 Å². The largest absolute Gasteiger partial charge is 0.326 e. The molecule has 0 unspecified atom stereocenters. The fraction of sp³-hybridized carbons (Fsp3) is 0.700. The van der Waals surface area contributed by atoms with Crippen molar-refractivity contribution in [2.75, 3.05) is 6.54 Å². The topological polar surface area (TPSA) is 70.9 Å². The van der Waals surface area contributed by atoms with Gasteiger partial charge in [0.25, 0.3) is 0 Å². The Hall–Kier alpha value is -0.650. The van der Waals surface area contributed by atoms with Gasteiger partial charge in [0.05, 0.1) is 0 Å². The van der Waals surface area contributed by atoms with Crippen LogP contribution in [0.3, 0.4) is 0 Å². The van der Waals surface area contributed by atoms with Crippen molar-refractivity contribution in [2.45, 2.75) is 38.8 Å². The van der Waals surface area contributed by atoms with E-state index in [0.717, 1.165) is 31.6 Å². The third kappa shape index (κ3) is 5.71. The van der Waals surface area contributed by atoms with Crippen LogP contribution < -0.4 is 15.9 Å². The Labute approximate surface area is 93.9 Å². The number of nitrogens with one attached hydrogen (secondary N) is 2. The fourth-order valence-electron chi connectivity index (χ4n) is 1.29. The number of hydrogen-bond acceptors (Lipinski definition) is 4. The van der Waals surface area contributed by atoms with E-state index < -0.39 is 0 Å². The summed E-state index contributed by atoms with van der Waals surface area (Å²) in [5, 5.41) is 5.12. The summed E-state index contributed by atoms with van der Waals surface area (Å²) >= 11 is 1.20. The Morgan fingerprint density at radius 1 is 1.60 bits per heavy atom. The van der Waals surface area contributed by atoms with Gasteiger partial charge in [-0.1, -0.05) is 11.3 Å². The number of nitrogens with two attached hydrogens (primary N) is 1. The van der Waals surface area contributed by atoms with E-state index in [-0.39, 0.29) is 10.4 Å². The van der Waals surface area contributed by atoms with E-state index in [1.807, 2.05) is 19.2 Å². The molecule has 1 heterocycles. The number of aromatic nitrogens is 1. The zero-order valence-corrected chi connectivity index (χ0v) is 10.1. The summed E-state index contributed by atoms with van der Waals surface area (Å²) in [5.41, 5.74) is 6.73. The molecular formula is C10H19N3OS. The van der Waals surface area contributed by atoms with Crippen LogP contribution in [0.1, 0.15) is 32.4 Å². The van der Waals surface area contributed by atoms with E-state index in [4.69, 9.17) is 5.73 Å². The molecule has 0 aromatic carbocycles. The van der Waals surface area contributed by atoms with Crippen LogP contribution >= 0.6 is 11.3 Å². The first-order valence-corrected chi connectivity index (χ1v) is 6.02. The first-order chi connectivity index (χ1) is 6.97. The number of H-pyrrole nitrogens is 1. The molecule has 86 valence electrons. The van der Waals surface area contributed by atoms with Gasteiger partial charge in [-0.3, -0.25) is 4.79 Å². The average Bonchev–Trinajstić information content (AvgIpc) is 2.49. The number of hydrogen-bond donors (Lipinski definition) is 3. The first kappa shape index (κ1) is 12.4. The van der Waals surface area contributed by atoms with Crippen molar-refractivity contribution in [3.63, 3.8) is 0 Å². The van der Waals surface area contributed by atoms with Crippen molar-refractivity contribution in [3.8, 4) is 0 Å². The minimum Gasteiger partial charge on any atom is -0.326 e. The lowest BCUT2D eigenvalue weighted by atomic mass is 10.0. The fourth-order valence-corrected chi connectivity index (χ4v) is 1.87. The maximum absolute atomic E-state index is 10.8. The molecule has 0 saturated carbocycles. The highest BCUT2D eigenvalue weighted by Crippen LogP contribution is 2.05. The third-order valence-electron chi connectivity index (χ3n) is 2.06. The molecular weight excluding hydrogens is 210 g/mol. The van der Waals surface area contributed by atoms with Crippen molar-refractivity contribution < 1.29 is 0 Å². The summed E-state index contributed by atoms with van der Waals surface area (Å²) in [6, 6.07) is 0. The SMILES string of the molecule is CC(C)(N)CCCNCc1csc(=O)[nH]1. The predicted molar refractivity (Wildman–Crippen MR) is 64.1 cm³/mol. The normalized spacial score (nSPS) is 11.9. The molecule has 1 aromatic heterocycles. The molecule has 15 heavy (non-hydrogen) atoms. The van der Waals surface area contributed by atoms with Gasteiger partial charge >= 0.3 is 4.87 Å². The van der Waals surface area contributed by atoms with Crippen LogP contribution in [0, 0.1) is 0 Å². The van der Waals surface area contributed by atoms with Gasteiger partial charge in [0, 0.05) is 23.2 Å². The molecule has 1 rings (SSSR count). The second kappa shape index (κ2) is 5.44. The molecule has 4 N–H and O–H groups in total. The van der Waals surface area contributed by atoms with Crippen molar-refractivity contribution in [2.24, 2.45) is 5.73 Å². The van der Waals surface area contributed by atoms with Crippen molar-refractivity contribution in [3.05, 3.63) is 20.7 Å². The van der Waals surface area contributed by atoms with Crippen LogP contribution in [0.4, 0.5) is 0 Å². The molecule has 0 aliphatic carbocycles. The predicted octanol–water partition coefficient (Wildman–Crippen LogP) is 1.04. The maximum atomic E-state index is 10.8. The Morgan fingerprint density at radius 3 is 2.87 bits per heavy atom. The quantitative estimate of drug-likeness (QED) is 0.638. The highest BCUT2D eigenvalue weighted by atomic mass is 32.1. The maximum Gasteiger partial charge on any atom is 0.304 e. The highest BCUT2D eigenvalue weighted by molar-refractivity contribution is 7.07. The van der Waals surface area contributed by atoms with E-state index in [1.54, 1.807) is 0 Å². The Balaban J connectivity index is 2.10. The summed E-state index contributed by atoms with van der Waals surface area (Å²) in [6.07, 6.45) is 2.05. The molecule has 0 aliphatic heterocycles. The smallest absolute Gasteiger partial charge is 0.304 e. The lowest BCUT2D eigenvalue weighted by Crippen LogP contribution is -2.32. The molecule has 0 saturated heterocycles. The lowest BCUT2D eigenvalue weighted by molar-refractivity contribution is 0.448. The molecule has 0 atom stereocenters. The van der Waals surface area contributed by atoms with Crippen LogP contribution in [0.2, 0.25) is 0 Å². The van der Waals surface area contributed by atoms with Gasteiger partial charge in [0.1, 0.15) is 0 Å². The summed E-state index contributed by atoms with van der Waals surface area (Å²) in [5.74, 6) is 0. The minimum atomic E-state index is -0.0849. The number of thiazole rings is 1. The average molecular weight is 229 g/mol. The monoisotopic (exact) mass is 229 g/mol. The summed E-state index contributed by atoms with van der Waals surface area (Å²) in [7, 11) is 0. The zero-order valence-electron chi connectivity index (χ0n) is 9.30. The van der Waals surface area contributed by atoms with Gasteiger partial charge < -0.3 is 16.0 Å². The zero-order chi connectivity index (χ0) is 11.3. The molecule has 4 nitrogen and oxygen atoms in total. The Morgan fingerprint density at radius 2 is 2.33 bits per heavy atom. The first-order valence-electron chi connectivity index (χ1n) is 5.14. The molecule has 0 radical (unpaired) electrons. The highest BCUT2D eigenvalue weighted by Gasteiger charge is 2.08. The number of rotatable bonds is 6. The molecule has 0 aliphatic rings. The van der Waals surface area contributed by atoms with Gasteiger partial charge in [-0.05, 0) is 33.2 Å². The second-order valence-electron chi connectivity index (χ2n) is 4.44. The van der Waals surface area contributed by atoms with Crippen LogP contribution in [0.5, 0.6) is 0 Å². The minimum absolute atomic E-state index is 0.00916. The summed E-state index contributed by atoms with van der Waals surface area (Å²) in [6.45, 7) is 5.72. The van der Waals surface area contributed by atoms with Gasteiger partial charge in [0.15, 0.2) is 0 Å². The number of aromatic amines is 1. The molecule has 0 fully saturated rings.